The van der Waals surface area contributed by atoms with Crippen molar-refractivity contribution in [2.45, 2.75) is 12.7 Å². The normalized spacial score (nSPS) is 12.2. The SMILES string of the molecule is CS(=O)(=O)NNC(=O)Cn1nnc(-c2ccccc2C(F)(F)F)n1. The summed E-state index contributed by atoms with van der Waals surface area (Å²) in [4.78, 5) is 14.0. The third kappa shape index (κ3) is 4.73. The van der Waals surface area contributed by atoms with Crippen LogP contribution in [0.4, 0.5) is 13.2 Å². The van der Waals surface area contributed by atoms with Gasteiger partial charge >= 0.3 is 6.18 Å². The summed E-state index contributed by atoms with van der Waals surface area (Å²) in [6, 6.07) is 4.66. The fourth-order valence-electron chi connectivity index (χ4n) is 1.66. The van der Waals surface area contributed by atoms with Crippen LogP contribution in [0.1, 0.15) is 5.56 Å². The number of hydrogen-bond acceptors (Lipinski definition) is 6. The quantitative estimate of drug-likeness (QED) is 0.718. The minimum Gasteiger partial charge on any atom is -0.276 e. The van der Waals surface area contributed by atoms with Crippen molar-refractivity contribution < 1.29 is 26.4 Å². The fourth-order valence-corrected chi connectivity index (χ4v) is 1.96. The zero-order valence-corrected chi connectivity index (χ0v) is 12.9. The van der Waals surface area contributed by atoms with Gasteiger partial charge in [0.25, 0.3) is 5.91 Å². The van der Waals surface area contributed by atoms with Crippen molar-refractivity contribution in [1.82, 2.24) is 30.5 Å². The van der Waals surface area contributed by atoms with Gasteiger partial charge in [-0.2, -0.15) is 18.0 Å². The highest BCUT2D eigenvalue weighted by Gasteiger charge is 2.34. The monoisotopic (exact) mass is 364 g/mol. The molecule has 0 aliphatic carbocycles. The maximum Gasteiger partial charge on any atom is 0.417 e. The average Bonchev–Trinajstić information content (AvgIpc) is 2.92. The van der Waals surface area contributed by atoms with Gasteiger partial charge in [0.15, 0.2) is 0 Å². The molecule has 9 nitrogen and oxygen atoms in total. The molecule has 0 bridgehead atoms. The summed E-state index contributed by atoms with van der Waals surface area (Å²) in [6.07, 6.45) is -3.77. The summed E-state index contributed by atoms with van der Waals surface area (Å²) in [5.74, 6) is -1.14. The first kappa shape index (κ1) is 17.8. The van der Waals surface area contributed by atoms with Gasteiger partial charge in [-0.1, -0.05) is 18.2 Å². The third-order valence-corrected chi connectivity index (χ3v) is 3.06. The van der Waals surface area contributed by atoms with E-state index in [1.807, 2.05) is 5.43 Å². The van der Waals surface area contributed by atoms with Crippen molar-refractivity contribution >= 4 is 15.9 Å². The Morgan fingerprint density at radius 2 is 1.96 bits per heavy atom. The largest absolute Gasteiger partial charge is 0.417 e. The molecule has 0 radical (unpaired) electrons. The maximum atomic E-state index is 13.0. The van der Waals surface area contributed by atoms with Crippen LogP contribution >= 0.6 is 0 Å². The molecule has 1 aromatic carbocycles. The van der Waals surface area contributed by atoms with Crippen molar-refractivity contribution in [1.29, 1.82) is 0 Å². The summed E-state index contributed by atoms with van der Waals surface area (Å²) in [6.45, 7) is -0.538. The smallest absolute Gasteiger partial charge is 0.276 e. The standard InChI is InChI=1S/C11H11F3N6O3S/c1-24(22,23)19-15-9(21)6-20-17-10(16-18-20)7-4-2-3-5-8(7)11(12,13)14/h2-5,19H,6H2,1H3,(H,15,21). The molecule has 2 aromatic rings. The van der Waals surface area contributed by atoms with Crippen molar-refractivity contribution in [3.8, 4) is 11.4 Å². The second-order valence-electron chi connectivity index (χ2n) is 4.61. The highest BCUT2D eigenvalue weighted by Crippen LogP contribution is 2.35. The predicted molar refractivity (Wildman–Crippen MR) is 74.4 cm³/mol. The van der Waals surface area contributed by atoms with E-state index in [1.54, 1.807) is 4.83 Å². The number of hydrogen-bond donors (Lipinski definition) is 2. The van der Waals surface area contributed by atoms with Crippen LogP contribution < -0.4 is 10.3 Å². The van der Waals surface area contributed by atoms with E-state index in [0.717, 1.165) is 17.1 Å². The maximum absolute atomic E-state index is 13.0. The summed E-state index contributed by atoms with van der Waals surface area (Å²) in [5, 5.41) is 10.7. The number of aromatic nitrogens is 4. The Morgan fingerprint density at radius 3 is 2.58 bits per heavy atom. The molecule has 0 aliphatic rings. The fraction of sp³-hybridized carbons (Fsp3) is 0.273. The van der Waals surface area contributed by atoms with Crippen molar-refractivity contribution in [3.05, 3.63) is 29.8 Å². The molecule has 2 rings (SSSR count). The highest BCUT2D eigenvalue weighted by molar-refractivity contribution is 7.88. The van der Waals surface area contributed by atoms with E-state index >= 15 is 0 Å². The van der Waals surface area contributed by atoms with Gasteiger partial charge in [0, 0.05) is 5.56 Å². The molecule has 0 saturated carbocycles. The minimum absolute atomic E-state index is 0.286. The van der Waals surface area contributed by atoms with Crippen molar-refractivity contribution in [2.75, 3.05) is 6.26 Å². The summed E-state index contributed by atoms with van der Waals surface area (Å²) in [7, 11) is -3.64. The van der Waals surface area contributed by atoms with E-state index in [4.69, 9.17) is 0 Å². The first-order valence-corrected chi connectivity index (χ1v) is 8.15. The molecule has 0 atom stereocenters. The Morgan fingerprint density at radius 1 is 1.29 bits per heavy atom. The molecule has 0 unspecified atom stereocenters. The molecular formula is C11H11F3N6O3S. The number of carbonyl (C=O) groups excluding carboxylic acids is 1. The first-order chi connectivity index (χ1) is 11.1. The molecule has 0 aliphatic heterocycles. The molecule has 0 fully saturated rings. The van der Waals surface area contributed by atoms with Crippen LogP contribution in [0.5, 0.6) is 0 Å². The van der Waals surface area contributed by atoms with Gasteiger partial charge in [-0.25, -0.2) is 8.42 Å². The number of rotatable bonds is 5. The number of nitrogens with zero attached hydrogens (tertiary/aromatic N) is 4. The topological polar surface area (TPSA) is 119 Å². The number of carbonyl (C=O) groups is 1. The molecule has 130 valence electrons. The lowest BCUT2D eigenvalue weighted by atomic mass is 10.1. The molecule has 0 saturated heterocycles. The average molecular weight is 364 g/mol. The number of nitrogens with one attached hydrogen (secondary N) is 2. The van der Waals surface area contributed by atoms with Crippen LogP contribution in [0.25, 0.3) is 11.4 Å². The second kappa shape index (κ2) is 6.52. The van der Waals surface area contributed by atoms with E-state index in [-0.39, 0.29) is 11.4 Å². The van der Waals surface area contributed by atoms with E-state index in [9.17, 15) is 26.4 Å². The van der Waals surface area contributed by atoms with Gasteiger partial charge in [0.1, 0.15) is 6.54 Å². The van der Waals surface area contributed by atoms with Crippen LogP contribution in [0.3, 0.4) is 0 Å². The molecule has 1 amide bonds. The zero-order valence-electron chi connectivity index (χ0n) is 12.1. The van der Waals surface area contributed by atoms with Crippen molar-refractivity contribution in [3.63, 3.8) is 0 Å². The van der Waals surface area contributed by atoms with Gasteiger partial charge in [-0.05, 0) is 11.3 Å². The summed E-state index contributed by atoms with van der Waals surface area (Å²) in [5.41, 5.74) is 0.647. The Labute approximate surface area is 133 Å². The van der Waals surface area contributed by atoms with Crippen molar-refractivity contribution in [2.24, 2.45) is 0 Å². The molecule has 13 heteroatoms. The minimum atomic E-state index is -4.60. The predicted octanol–water partition coefficient (Wildman–Crippen LogP) is -0.0607. The number of sulfonamides is 1. The molecule has 0 spiro atoms. The number of tetrazole rings is 1. The number of hydrazine groups is 1. The molecular weight excluding hydrogens is 353 g/mol. The number of alkyl halides is 3. The lowest BCUT2D eigenvalue weighted by Crippen LogP contribution is -2.42. The number of halogens is 3. The van der Waals surface area contributed by atoms with E-state index in [0.29, 0.717) is 0 Å². The van der Waals surface area contributed by atoms with Gasteiger partial charge < -0.3 is 0 Å². The summed E-state index contributed by atoms with van der Waals surface area (Å²) < 4.78 is 60.5. The van der Waals surface area contributed by atoms with Crippen LogP contribution in [0, 0.1) is 0 Å². The molecule has 2 N–H and O–H groups in total. The second-order valence-corrected chi connectivity index (χ2v) is 6.36. The van der Waals surface area contributed by atoms with Crippen LogP contribution in [0.15, 0.2) is 24.3 Å². The molecule has 1 aromatic heterocycles. The van der Waals surface area contributed by atoms with Gasteiger partial charge in [-0.15, -0.1) is 15.0 Å². The zero-order chi connectivity index (χ0) is 18.0. The van der Waals surface area contributed by atoms with Gasteiger partial charge in [-0.3, -0.25) is 10.2 Å². The Balaban J connectivity index is 2.16. The van der Waals surface area contributed by atoms with E-state index < -0.39 is 34.2 Å². The third-order valence-electron chi connectivity index (χ3n) is 2.59. The molecule has 1 heterocycles. The van der Waals surface area contributed by atoms with Gasteiger partial charge in [0.05, 0.1) is 11.8 Å². The number of benzene rings is 1. The Bertz CT molecular complexity index is 849. The Kier molecular flexibility index (Phi) is 4.84. The highest BCUT2D eigenvalue weighted by atomic mass is 32.2. The molecule has 24 heavy (non-hydrogen) atoms. The van der Waals surface area contributed by atoms with E-state index in [1.165, 1.54) is 18.2 Å². The van der Waals surface area contributed by atoms with Gasteiger partial charge in [0.2, 0.25) is 15.8 Å². The lowest BCUT2D eigenvalue weighted by molar-refractivity contribution is -0.137. The lowest BCUT2D eigenvalue weighted by Gasteiger charge is -2.09. The Hall–Kier alpha value is -2.54. The van der Waals surface area contributed by atoms with Crippen LogP contribution in [-0.2, 0) is 27.5 Å². The summed E-state index contributed by atoms with van der Waals surface area (Å²) >= 11 is 0. The number of amides is 1. The van der Waals surface area contributed by atoms with Crippen LogP contribution in [-0.4, -0.2) is 40.8 Å². The van der Waals surface area contributed by atoms with Crippen LogP contribution in [0.2, 0.25) is 0 Å². The first-order valence-electron chi connectivity index (χ1n) is 6.26. The van der Waals surface area contributed by atoms with E-state index in [2.05, 4.69) is 15.4 Å².